The van der Waals surface area contributed by atoms with E-state index < -0.39 is 9.84 Å². The fourth-order valence-corrected chi connectivity index (χ4v) is 4.35. The summed E-state index contributed by atoms with van der Waals surface area (Å²) in [4.78, 5) is 0. The minimum Gasteiger partial charge on any atom is -0.317 e. The summed E-state index contributed by atoms with van der Waals surface area (Å²) in [7, 11) is -2.79. The predicted octanol–water partition coefficient (Wildman–Crippen LogP) is 3.25. The van der Waals surface area contributed by atoms with E-state index in [4.69, 9.17) is 0 Å². The molecule has 1 rings (SSSR count). The molecule has 1 aliphatic carbocycles. The Hall–Kier alpha value is -0.0900. The molecule has 3 unspecified atom stereocenters. The molecule has 1 N–H and O–H groups in total. The van der Waals surface area contributed by atoms with Crippen molar-refractivity contribution in [3.8, 4) is 0 Å². The molecule has 4 heteroatoms. The van der Waals surface area contributed by atoms with Crippen LogP contribution in [0.1, 0.15) is 59.3 Å². The van der Waals surface area contributed by atoms with Crippen LogP contribution in [0.25, 0.3) is 0 Å². The van der Waals surface area contributed by atoms with E-state index in [0.717, 1.165) is 43.7 Å². The van der Waals surface area contributed by atoms with Crippen LogP contribution in [0.5, 0.6) is 0 Å². The summed E-state index contributed by atoms with van der Waals surface area (Å²) in [5.74, 6) is 3.00. The molecule has 1 saturated carbocycles. The van der Waals surface area contributed by atoms with Crippen LogP contribution in [-0.4, -0.2) is 33.0 Å². The van der Waals surface area contributed by atoms with E-state index in [9.17, 15) is 8.42 Å². The van der Waals surface area contributed by atoms with Crippen LogP contribution in [-0.2, 0) is 9.84 Å². The third kappa shape index (κ3) is 6.13. The van der Waals surface area contributed by atoms with Crippen molar-refractivity contribution < 1.29 is 8.42 Å². The second kappa shape index (κ2) is 9.04. The lowest BCUT2D eigenvalue weighted by Crippen LogP contribution is -2.33. The van der Waals surface area contributed by atoms with Gasteiger partial charge in [0.15, 0.2) is 0 Å². The van der Waals surface area contributed by atoms with Crippen LogP contribution in [0.4, 0.5) is 0 Å². The lowest BCUT2D eigenvalue weighted by molar-refractivity contribution is 0.163. The molecule has 3 atom stereocenters. The monoisotopic (exact) mass is 303 g/mol. The molecule has 1 fully saturated rings. The van der Waals surface area contributed by atoms with Gasteiger partial charge >= 0.3 is 0 Å². The molecular weight excluding hydrogens is 270 g/mol. The number of rotatable bonds is 9. The Labute approximate surface area is 125 Å². The number of hydrogen-bond acceptors (Lipinski definition) is 3. The first-order valence-electron chi connectivity index (χ1n) is 8.43. The average Bonchev–Trinajstić information content (AvgIpc) is 2.45. The summed E-state index contributed by atoms with van der Waals surface area (Å²) < 4.78 is 23.2. The van der Waals surface area contributed by atoms with E-state index in [2.05, 4.69) is 19.2 Å². The molecule has 1 aliphatic rings. The molecule has 0 radical (unpaired) electrons. The fraction of sp³-hybridized carbons (Fsp3) is 1.00. The Morgan fingerprint density at radius 3 is 2.45 bits per heavy atom. The first-order valence-corrected chi connectivity index (χ1v) is 10.3. The lowest BCUT2D eigenvalue weighted by atomic mass is 9.71. The maximum Gasteiger partial charge on any atom is 0.150 e. The zero-order valence-electron chi connectivity index (χ0n) is 13.5. The van der Waals surface area contributed by atoms with E-state index in [1.807, 2.05) is 0 Å². The highest BCUT2D eigenvalue weighted by molar-refractivity contribution is 7.91. The summed E-state index contributed by atoms with van der Waals surface area (Å²) in [6, 6.07) is 0. The van der Waals surface area contributed by atoms with E-state index in [0.29, 0.717) is 5.75 Å². The van der Waals surface area contributed by atoms with Crippen LogP contribution in [0.2, 0.25) is 0 Å². The van der Waals surface area contributed by atoms with Gasteiger partial charge in [-0.1, -0.05) is 33.6 Å². The molecule has 3 nitrogen and oxygen atoms in total. The van der Waals surface area contributed by atoms with Crippen molar-refractivity contribution >= 4 is 9.84 Å². The topological polar surface area (TPSA) is 46.2 Å². The maximum atomic E-state index is 11.6. The van der Waals surface area contributed by atoms with E-state index in [1.54, 1.807) is 6.92 Å². The third-order valence-corrected chi connectivity index (χ3v) is 6.74. The number of sulfone groups is 1. The zero-order chi connectivity index (χ0) is 15.0. The van der Waals surface area contributed by atoms with Gasteiger partial charge in [0.2, 0.25) is 0 Å². The van der Waals surface area contributed by atoms with Gasteiger partial charge in [-0.3, -0.25) is 0 Å². The van der Waals surface area contributed by atoms with Crippen molar-refractivity contribution in [3.63, 3.8) is 0 Å². The molecule has 20 heavy (non-hydrogen) atoms. The van der Waals surface area contributed by atoms with Crippen molar-refractivity contribution in [1.82, 2.24) is 5.32 Å². The van der Waals surface area contributed by atoms with Crippen LogP contribution >= 0.6 is 0 Å². The minimum atomic E-state index is -2.79. The van der Waals surface area contributed by atoms with E-state index in [1.165, 1.54) is 25.7 Å². The largest absolute Gasteiger partial charge is 0.317 e. The highest BCUT2D eigenvalue weighted by Gasteiger charge is 2.29. The summed E-state index contributed by atoms with van der Waals surface area (Å²) in [5.41, 5.74) is 0. The second-order valence-corrected chi connectivity index (χ2v) is 8.77. The Morgan fingerprint density at radius 1 is 1.10 bits per heavy atom. The SMILES string of the molecule is CCNCC1CCC(CC)CC1CCCS(=O)(=O)CC. The molecule has 0 heterocycles. The Morgan fingerprint density at radius 2 is 1.85 bits per heavy atom. The van der Waals surface area contributed by atoms with E-state index >= 15 is 0 Å². The van der Waals surface area contributed by atoms with Gasteiger partial charge in [0.25, 0.3) is 0 Å². The molecule has 0 saturated heterocycles. The quantitative estimate of drug-likeness (QED) is 0.711. The van der Waals surface area contributed by atoms with Gasteiger partial charge in [-0.15, -0.1) is 0 Å². The lowest BCUT2D eigenvalue weighted by Gasteiger charge is -2.36. The number of nitrogens with one attached hydrogen (secondary N) is 1. The van der Waals surface area contributed by atoms with Gasteiger partial charge in [-0.2, -0.15) is 0 Å². The fourth-order valence-electron chi connectivity index (χ4n) is 3.46. The van der Waals surface area contributed by atoms with E-state index in [-0.39, 0.29) is 5.75 Å². The second-order valence-electron chi connectivity index (χ2n) is 6.29. The van der Waals surface area contributed by atoms with Crippen molar-refractivity contribution in [1.29, 1.82) is 0 Å². The average molecular weight is 304 g/mol. The third-order valence-electron chi connectivity index (χ3n) is 4.95. The molecule has 0 aliphatic heterocycles. The Balaban J connectivity index is 2.46. The van der Waals surface area contributed by atoms with Gasteiger partial charge in [-0.05, 0) is 56.5 Å². The summed E-state index contributed by atoms with van der Waals surface area (Å²) in [6.07, 6.45) is 7.19. The van der Waals surface area contributed by atoms with Gasteiger partial charge in [0, 0.05) is 5.75 Å². The van der Waals surface area contributed by atoms with Crippen LogP contribution in [0.3, 0.4) is 0 Å². The maximum absolute atomic E-state index is 11.6. The first-order chi connectivity index (χ1) is 9.52. The first kappa shape index (κ1) is 18.0. The molecule has 0 aromatic rings. The normalized spacial score (nSPS) is 27.6. The van der Waals surface area contributed by atoms with Crippen LogP contribution in [0.15, 0.2) is 0 Å². The summed E-state index contributed by atoms with van der Waals surface area (Å²) in [6.45, 7) is 8.33. The zero-order valence-corrected chi connectivity index (χ0v) is 14.3. The Kier molecular flexibility index (Phi) is 8.11. The Bertz CT molecular complexity index is 353. The summed E-state index contributed by atoms with van der Waals surface area (Å²) in [5, 5.41) is 3.48. The van der Waals surface area contributed by atoms with Crippen LogP contribution < -0.4 is 5.32 Å². The molecule has 0 spiro atoms. The van der Waals surface area contributed by atoms with Crippen molar-refractivity contribution in [2.45, 2.75) is 59.3 Å². The van der Waals surface area contributed by atoms with Crippen LogP contribution in [0, 0.1) is 17.8 Å². The molecule has 0 bridgehead atoms. The molecule has 120 valence electrons. The van der Waals surface area contributed by atoms with Gasteiger partial charge in [-0.25, -0.2) is 8.42 Å². The van der Waals surface area contributed by atoms with Gasteiger partial charge < -0.3 is 5.32 Å². The highest BCUT2D eigenvalue weighted by atomic mass is 32.2. The van der Waals surface area contributed by atoms with Gasteiger partial charge in [0.1, 0.15) is 9.84 Å². The minimum absolute atomic E-state index is 0.288. The van der Waals surface area contributed by atoms with Crippen molar-refractivity contribution in [2.75, 3.05) is 24.6 Å². The molecular formula is C16H33NO2S. The smallest absolute Gasteiger partial charge is 0.150 e. The molecule has 0 amide bonds. The molecule has 0 aromatic heterocycles. The van der Waals surface area contributed by atoms with Crippen molar-refractivity contribution in [2.24, 2.45) is 17.8 Å². The predicted molar refractivity (Wildman–Crippen MR) is 86.7 cm³/mol. The summed E-state index contributed by atoms with van der Waals surface area (Å²) >= 11 is 0. The number of hydrogen-bond donors (Lipinski definition) is 1. The van der Waals surface area contributed by atoms with Gasteiger partial charge in [0.05, 0.1) is 5.75 Å². The molecule has 0 aromatic carbocycles. The highest BCUT2D eigenvalue weighted by Crippen LogP contribution is 2.37. The standard InChI is InChI=1S/C16H33NO2S/c1-4-14-9-10-16(13-17-5-2)15(12-14)8-7-11-20(18,19)6-3/h14-17H,4-13H2,1-3H3. The van der Waals surface area contributed by atoms with Crippen molar-refractivity contribution in [3.05, 3.63) is 0 Å².